The molecule has 0 amide bonds. The quantitative estimate of drug-likeness (QED) is 0.842. The summed E-state index contributed by atoms with van der Waals surface area (Å²) in [7, 11) is 0. The van der Waals surface area contributed by atoms with Crippen LogP contribution < -0.4 is 5.73 Å². The Morgan fingerprint density at radius 1 is 1.40 bits per heavy atom. The molecule has 0 spiro atoms. The van der Waals surface area contributed by atoms with Crippen molar-refractivity contribution in [3.63, 3.8) is 0 Å². The first-order valence-electron chi connectivity index (χ1n) is 4.38. The number of pyridine rings is 1. The maximum Gasteiger partial charge on any atom is 0.139 e. The molecule has 2 N–H and O–H groups in total. The molecule has 2 rings (SSSR count). The van der Waals surface area contributed by atoms with Gasteiger partial charge in [0.1, 0.15) is 5.65 Å². The van der Waals surface area contributed by atoms with E-state index in [0.29, 0.717) is 0 Å². The van der Waals surface area contributed by atoms with E-state index in [0.717, 1.165) is 11.3 Å². The molecule has 2 aromatic heterocycles. The molecular formula is C10H15Cl2N3. The first kappa shape index (κ1) is 14.2. The summed E-state index contributed by atoms with van der Waals surface area (Å²) in [4.78, 5) is 4.32. The number of halogens is 2. The van der Waals surface area contributed by atoms with Crippen molar-refractivity contribution in [2.24, 2.45) is 5.73 Å². The first-order chi connectivity index (χ1) is 6.20. The molecule has 0 aromatic carbocycles. The van der Waals surface area contributed by atoms with Crippen molar-refractivity contribution in [3.05, 3.63) is 35.8 Å². The van der Waals surface area contributed by atoms with Crippen molar-refractivity contribution in [1.82, 2.24) is 9.38 Å². The van der Waals surface area contributed by atoms with Gasteiger partial charge in [0.15, 0.2) is 0 Å². The van der Waals surface area contributed by atoms with Gasteiger partial charge >= 0.3 is 0 Å². The fraction of sp³-hybridized carbons (Fsp3) is 0.300. The Kier molecular flexibility index (Phi) is 5.08. The van der Waals surface area contributed by atoms with Gasteiger partial charge in [-0.2, -0.15) is 0 Å². The molecule has 84 valence electrons. The highest BCUT2D eigenvalue weighted by Crippen LogP contribution is 2.14. The molecule has 2 heterocycles. The van der Waals surface area contributed by atoms with Crippen molar-refractivity contribution in [2.45, 2.75) is 19.9 Å². The minimum absolute atomic E-state index is 0. The molecule has 0 aliphatic carbocycles. The molecule has 1 atom stereocenters. The number of fused-ring (bicyclic) bond motifs is 1. The number of imidazole rings is 1. The topological polar surface area (TPSA) is 43.3 Å². The fourth-order valence-electron chi connectivity index (χ4n) is 1.51. The van der Waals surface area contributed by atoms with Crippen LogP contribution in [0.5, 0.6) is 0 Å². The van der Waals surface area contributed by atoms with Crippen LogP contribution in [0.15, 0.2) is 24.5 Å². The van der Waals surface area contributed by atoms with E-state index in [1.54, 1.807) is 0 Å². The third-order valence-electron chi connectivity index (χ3n) is 2.23. The Labute approximate surface area is 102 Å². The van der Waals surface area contributed by atoms with Gasteiger partial charge in [-0.1, -0.05) is 6.07 Å². The van der Waals surface area contributed by atoms with E-state index >= 15 is 0 Å². The Morgan fingerprint density at radius 2 is 2.07 bits per heavy atom. The van der Waals surface area contributed by atoms with Gasteiger partial charge in [0, 0.05) is 12.2 Å². The molecule has 0 fully saturated rings. The normalized spacial score (nSPS) is 11.7. The number of rotatable bonds is 1. The second kappa shape index (κ2) is 5.35. The summed E-state index contributed by atoms with van der Waals surface area (Å²) in [6.45, 7) is 4.01. The molecule has 0 bridgehead atoms. The van der Waals surface area contributed by atoms with Crippen LogP contribution in [0.4, 0.5) is 0 Å². The molecule has 2 aromatic rings. The van der Waals surface area contributed by atoms with E-state index in [2.05, 4.69) is 4.98 Å². The zero-order valence-corrected chi connectivity index (χ0v) is 10.3. The van der Waals surface area contributed by atoms with Crippen LogP contribution in [-0.4, -0.2) is 9.38 Å². The second-order valence-electron chi connectivity index (χ2n) is 3.36. The van der Waals surface area contributed by atoms with Crippen molar-refractivity contribution >= 4 is 30.5 Å². The van der Waals surface area contributed by atoms with Crippen LogP contribution in [0.3, 0.4) is 0 Å². The molecule has 0 aliphatic rings. The monoisotopic (exact) mass is 247 g/mol. The highest BCUT2D eigenvalue weighted by molar-refractivity contribution is 5.85. The summed E-state index contributed by atoms with van der Waals surface area (Å²) >= 11 is 0. The second-order valence-corrected chi connectivity index (χ2v) is 3.36. The SMILES string of the molecule is Cc1cccn2c(C(C)N)cnc12.Cl.Cl. The molecule has 0 saturated carbocycles. The van der Waals surface area contributed by atoms with Gasteiger partial charge in [-0.25, -0.2) is 4.98 Å². The van der Waals surface area contributed by atoms with Crippen LogP contribution >= 0.6 is 24.8 Å². The summed E-state index contributed by atoms with van der Waals surface area (Å²) < 4.78 is 2.04. The summed E-state index contributed by atoms with van der Waals surface area (Å²) in [5, 5.41) is 0. The summed E-state index contributed by atoms with van der Waals surface area (Å²) in [6.07, 6.45) is 3.83. The van der Waals surface area contributed by atoms with Crippen LogP contribution in [-0.2, 0) is 0 Å². The van der Waals surface area contributed by atoms with Crippen LogP contribution in [0, 0.1) is 6.92 Å². The third-order valence-corrected chi connectivity index (χ3v) is 2.23. The Bertz CT molecular complexity index is 437. The van der Waals surface area contributed by atoms with E-state index in [9.17, 15) is 0 Å². The average Bonchev–Trinajstić information content (AvgIpc) is 2.48. The van der Waals surface area contributed by atoms with Gasteiger partial charge in [-0.05, 0) is 25.5 Å². The van der Waals surface area contributed by atoms with Gasteiger partial charge in [0.25, 0.3) is 0 Å². The molecule has 1 unspecified atom stereocenters. The van der Waals surface area contributed by atoms with E-state index in [4.69, 9.17) is 5.73 Å². The minimum Gasteiger partial charge on any atom is -0.323 e. The molecule has 3 nitrogen and oxygen atoms in total. The zero-order valence-electron chi connectivity index (χ0n) is 8.68. The molecular weight excluding hydrogens is 233 g/mol. The van der Waals surface area contributed by atoms with Gasteiger partial charge in [0.05, 0.1) is 11.9 Å². The lowest BCUT2D eigenvalue weighted by molar-refractivity contribution is 0.769. The summed E-state index contributed by atoms with van der Waals surface area (Å²) in [5.74, 6) is 0. The van der Waals surface area contributed by atoms with E-state index in [1.165, 1.54) is 5.56 Å². The van der Waals surface area contributed by atoms with Crippen LogP contribution in [0.25, 0.3) is 5.65 Å². The molecule has 5 heteroatoms. The van der Waals surface area contributed by atoms with Gasteiger partial charge in [-0.3, -0.25) is 0 Å². The van der Waals surface area contributed by atoms with E-state index < -0.39 is 0 Å². The Morgan fingerprint density at radius 3 is 2.67 bits per heavy atom. The van der Waals surface area contributed by atoms with Gasteiger partial charge < -0.3 is 10.1 Å². The molecule has 15 heavy (non-hydrogen) atoms. The van der Waals surface area contributed by atoms with Crippen LogP contribution in [0.2, 0.25) is 0 Å². The van der Waals surface area contributed by atoms with Crippen molar-refractivity contribution in [1.29, 1.82) is 0 Å². The molecule has 0 aliphatic heterocycles. The molecule has 0 saturated heterocycles. The maximum atomic E-state index is 5.81. The lowest BCUT2D eigenvalue weighted by atomic mass is 10.2. The van der Waals surface area contributed by atoms with E-state index in [-0.39, 0.29) is 30.9 Å². The maximum absolute atomic E-state index is 5.81. The number of aryl methyl sites for hydroxylation is 1. The van der Waals surface area contributed by atoms with Crippen molar-refractivity contribution in [2.75, 3.05) is 0 Å². The fourth-order valence-corrected chi connectivity index (χ4v) is 1.51. The predicted octanol–water partition coefficient (Wildman–Crippen LogP) is 2.51. The number of aromatic nitrogens is 2. The molecule has 0 radical (unpaired) electrons. The zero-order chi connectivity index (χ0) is 9.42. The number of hydrogen-bond donors (Lipinski definition) is 1. The summed E-state index contributed by atoms with van der Waals surface area (Å²) in [6, 6.07) is 4.08. The highest BCUT2D eigenvalue weighted by Gasteiger charge is 2.07. The lowest BCUT2D eigenvalue weighted by Crippen LogP contribution is -2.07. The highest BCUT2D eigenvalue weighted by atomic mass is 35.5. The van der Waals surface area contributed by atoms with Gasteiger partial charge in [-0.15, -0.1) is 24.8 Å². The number of nitrogens with two attached hydrogens (primary N) is 1. The Hall–Kier alpha value is -0.770. The van der Waals surface area contributed by atoms with Crippen molar-refractivity contribution < 1.29 is 0 Å². The summed E-state index contributed by atoms with van der Waals surface area (Å²) in [5.41, 5.74) is 9.04. The third kappa shape index (κ3) is 2.43. The largest absolute Gasteiger partial charge is 0.323 e. The average molecular weight is 248 g/mol. The smallest absolute Gasteiger partial charge is 0.139 e. The van der Waals surface area contributed by atoms with Crippen molar-refractivity contribution in [3.8, 4) is 0 Å². The number of hydrogen-bond acceptors (Lipinski definition) is 2. The van der Waals surface area contributed by atoms with E-state index in [1.807, 2.05) is 42.8 Å². The minimum atomic E-state index is 0. The lowest BCUT2D eigenvalue weighted by Gasteiger charge is -2.04. The Balaban J connectivity index is 0.000000980. The standard InChI is InChI=1S/C10H13N3.2ClH/c1-7-4-3-5-13-9(8(2)11)6-12-10(7)13;;/h3-6,8H,11H2,1-2H3;2*1H. The number of nitrogens with zero attached hydrogens (tertiary/aromatic N) is 2. The predicted molar refractivity (Wildman–Crippen MR) is 67.0 cm³/mol. The van der Waals surface area contributed by atoms with Gasteiger partial charge in [0.2, 0.25) is 0 Å². The first-order valence-corrected chi connectivity index (χ1v) is 4.38. The van der Waals surface area contributed by atoms with Crippen LogP contribution in [0.1, 0.15) is 24.2 Å².